The van der Waals surface area contributed by atoms with Crippen molar-refractivity contribution < 1.29 is 19.2 Å². The van der Waals surface area contributed by atoms with Gasteiger partial charge in [0.2, 0.25) is 5.91 Å². The fourth-order valence-electron chi connectivity index (χ4n) is 5.60. The SMILES string of the molecule is CCOC(=O)N1CCC2(CC(N3C[C@@H]4[C@H](C3)[C@@H]4C(=O)N(CC)OC)C2)C1. The number of piperidine rings is 1. The lowest BCUT2D eigenvalue weighted by Crippen LogP contribution is -2.52. The number of nitrogens with zero attached hydrogens (tertiary/aromatic N) is 3. The number of amides is 2. The van der Waals surface area contributed by atoms with Crippen LogP contribution in [0.3, 0.4) is 0 Å². The van der Waals surface area contributed by atoms with Gasteiger partial charge in [-0.15, -0.1) is 0 Å². The van der Waals surface area contributed by atoms with Crippen molar-refractivity contribution in [3.8, 4) is 0 Å². The van der Waals surface area contributed by atoms with Gasteiger partial charge in [0.1, 0.15) is 0 Å². The number of rotatable bonds is 5. The molecule has 3 atom stereocenters. The second-order valence-corrected chi connectivity index (χ2v) is 8.46. The number of fused-ring (bicyclic) bond motifs is 1. The molecule has 2 aliphatic carbocycles. The monoisotopic (exact) mass is 365 g/mol. The van der Waals surface area contributed by atoms with Gasteiger partial charge in [-0.3, -0.25) is 14.5 Å². The molecule has 0 aromatic carbocycles. The van der Waals surface area contributed by atoms with Crippen LogP contribution < -0.4 is 0 Å². The maximum absolute atomic E-state index is 12.4. The first-order valence-electron chi connectivity index (χ1n) is 10.0. The van der Waals surface area contributed by atoms with Crippen LogP contribution >= 0.6 is 0 Å². The molecule has 4 aliphatic rings. The van der Waals surface area contributed by atoms with Gasteiger partial charge in [0.25, 0.3) is 0 Å². The van der Waals surface area contributed by atoms with Gasteiger partial charge >= 0.3 is 6.09 Å². The summed E-state index contributed by atoms with van der Waals surface area (Å²) in [6.07, 6.45) is 3.30. The maximum atomic E-state index is 12.4. The van der Waals surface area contributed by atoms with Crippen LogP contribution in [0.5, 0.6) is 0 Å². The molecule has 0 bridgehead atoms. The molecule has 2 heterocycles. The maximum Gasteiger partial charge on any atom is 0.409 e. The summed E-state index contributed by atoms with van der Waals surface area (Å²) in [4.78, 5) is 34.0. The van der Waals surface area contributed by atoms with E-state index < -0.39 is 0 Å². The number of hydrogen-bond acceptors (Lipinski definition) is 5. The van der Waals surface area contributed by atoms with E-state index in [0.717, 1.165) is 32.6 Å². The lowest BCUT2D eigenvalue weighted by atomic mass is 9.64. The third-order valence-electron chi connectivity index (χ3n) is 7.08. The van der Waals surface area contributed by atoms with E-state index in [1.165, 1.54) is 17.9 Å². The van der Waals surface area contributed by atoms with Gasteiger partial charge in [-0.05, 0) is 50.4 Å². The van der Waals surface area contributed by atoms with E-state index in [1.54, 1.807) is 7.11 Å². The third kappa shape index (κ3) is 2.89. The van der Waals surface area contributed by atoms with Crippen LogP contribution in [0.1, 0.15) is 33.1 Å². The van der Waals surface area contributed by atoms with Crippen molar-refractivity contribution in [1.82, 2.24) is 14.9 Å². The topological polar surface area (TPSA) is 62.3 Å². The third-order valence-corrected chi connectivity index (χ3v) is 7.08. The predicted octanol–water partition coefficient (Wildman–Crippen LogP) is 1.59. The summed E-state index contributed by atoms with van der Waals surface area (Å²) in [6, 6.07) is 0.630. The summed E-state index contributed by atoms with van der Waals surface area (Å²) in [5.41, 5.74) is 0.314. The lowest BCUT2D eigenvalue weighted by molar-refractivity contribution is -0.177. The second-order valence-electron chi connectivity index (χ2n) is 8.46. The van der Waals surface area contributed by atoms with Crippen LogP contribution in [-0.4, -0.2) is 79.3 Å². The molecule has 2 saturated heterocycles. The van der Waals surface area contributed by atoms with E-state index in [0.29, 0.717) is 36.4 Å². The molecule has 2 amide bonds. The number of carbonyl (C=O) groups is 2. The van der Waals surface area contributed by atoms with Crippen LogP contribution in [0.25, 0.3) is 0 Å². The van der Waals surface area contributed by atoms with Crippen molar-refractivity contribution in [1.29, 1.82) is 0 Å². The number of carbonyl (C=O) groups excluding carboxylic acids is 2. The molecule has 2 saturated carbocycles. The molecule has 2 aliphatic heterocycles. The molecular weight excluding hydrogens is 334 g/mol. The molecular formula is C19H31N3O4. The van der Waals surface area contributed by atoms with Crippen molar-refractivity contribution >= 4 is 12.0 Å². The van der Waals surface area contributed by atoms with Gasteiger partial charge in [-0.2, -0.15) is 0 Å². The highest BCUT2D eigenvalue weighted by Crippen LogP contribution is 2.57. The zero-order chi connectivity index (χ0) is 18.5. The Morgan fingerprint density at radius 3 is 2.46 bits per heavy atom. The van der Waals surface area contributed by atoms with Crippen LogP contribution in [0.15, 0.2) is 0 Å². The van der Waals surface area contributed by atoms with E-state index in [2.05, 4.69) is 4.90 Å². The van der Waals surface area contributed by atoms with Crippen LogP contribution in [0, 0.1) is 23.2 Å². The first kappa shape index (κ1) is 18.0. The van der Waals surface area contributed by atoms with Gasteiger partial charge < -0.3 is 9.64 Å². The van der Waals surface area contributed by atoms with E-state index in [9.17, 15) is 9.59 Å². The van der Waals surface area contributed by atoms with Gasteiger partial charge in [-0.1, -0.05) is 0 Å². The summed E-state index contributed by atoms with van der Waals surface area (Å²) in [5, 5.41) is 1.49. The summed E-state index contributed by atoms with van der Waals surface area (Å²) in [7, 11) is 1.57. The van der Waals surface area contributed by atoms with Gasteiger partial charge in [0.05, 0.1) is 13.7 Å². The predicted molar refractivity (Wildman–Crippen MR) is 95.1 cm³/mol. The van der Waals surface area contributed by atoms with Crippen molar-refractivity contribution in [2.75, 3.05) is 46.4 Å². The highest BCUT2D eigenvalue weighted by molar-refractivity contribution is 5.81. The zero-order valence-corrected chi connectivity index (χ0v) is 16.1. The number of hydrogen-bond donors (Lipinski definition) is 0. The molecule has 7 heteroatoms. The molecule has 0 radical (unpaired) electrons. The normalized spacial score (nSPS) is 38.2. The number of likely N-dealkylation sites (tertiary alicyclic amines) is 2. The van der Waals surface area contributed by atoms with E-state index in [4.69, 9.17) is 9.57 Å². The Bertz CT molecular complexity index is 561. The molecule has 4 rings (SSSR count). The lowest BCUT2D eigenvalue weighted by Gasteiger charge is -2.49. The Morgan fingerprint density at radius 2 is 1.88 bits per heavy atom. The molecule has 0 unspecified atom stereocenters. The van der Waals surface area contributed by atoms with Gasteiger partial charge in [0, 0.05) is 44.7 Å². The van der Waals surface area contributed by atoms with E-state index >= 15 is 0 Å². The molecule has 1 spiro atoms. The first-order valence-corrected chi connectivity index (χ1v) is 10.0. The van der Waals surface area contributed by atoms with Crippen LogP contribution in [0.2, 0.25) is 0 Å². The molecule has 4 fully saturated rings. The Labute approximate surface area is 155 Å². The minimum Gasteiger partial charge on any atom is -0.450 e. The van der Waals surface area contributed by atoms with Gasteiger partial charge in [-0.25, -0.2) is 9.86 Å². The smallest absolute Gasteiger partial charge is 0.409 e. The molecule has 0 aromatic heterocycles. The highest BCUT2D eigenvalue weighted by Gasteiger charge is 2.63. The van der Waals surface area contributed by atoms with Crippen molar-refractivity contribution in [2.24, 2.45) is 23.2 Å². The van der Waals surface area contributed by atoms with Gasteiger partial charge in [0.15, 0.2) is 0 Å². The minimum absolute atomic E-state index is 0.157. The van der Waals surface area contributed by atoms with Crippen LogP contribution in [0.4, 0.5) is 4.79 Å². The summed E-state index contributed by atoms with van der Waals surface area (Å²) < 4.78 is 5.14. The Hall–Kier alpha value is -1.34. The average Bonchev–Trinajstić information content (AvgIpc) is 2.97. The second kappa shape index (κ2) is 6.68. The molecule has 26 heavy (non-hydrogen) atoms. The Balaban J connectivity index is 1.23. The molecule has 0 aromatic rings. The summed E-state index contributed by atoms with van der Waals surface area (Å²) >= 11 is 0. The molecule has 0 N–H and O–H groups in total. The number of ether oxygens (including phenoxy) is 1. The molecule has 146 valence electrons. The summed E-state index contributed by atoms with van der Waals surface area (Å²) in [6.45, 7) is 8.63. The standard InChI is InChI=1S/C19H31N3O4/c1-4-22(25-3)17(23)16-14-10-21(11-15(14)16)13-8-19(9-13)6-7-20(12-19)18(24)26-5-2/h13-16H,4-12H2,1-3H3/t13?,14-,15+,16-,19?. The van der Waals surface area contributed by atoms with E-state index in [-0.39, 0.29) is 17.9 Å². The Kier molecular flexibility index (Phi) is 4.63. The average molecular weight is 365 g/mol. The number of hydroxylamine groups is 2. The van der Waals surface area contributed by atoms with E-state index in [1.807, 2.05) is 18.7 Å². The summed E-state index contributed by atoms with van der Waals surface area (Å²) in [5.74, 6) is 1.37. The molecule has 7 nitrogen and oxygen atoms in total. The zero-order valence-electron chi connectivity index (χ0n) is 16.1. The Morgan fingerprint density at radius 1 is 1.19 bits per heavy atom. The fraction of sp³-hybridized carbons (Fsp3) is 0.895. The first-order chi connectivity index (χ1) is 12.5. The fourth-order valence-corrected chi connectivity index (χ4v) is 5.60. The van der Waals surface area contributed by atoms with Crippen molar-refractivity contribution in [3.63, 3.8) is 0 Å². The quantitative estimate of drug-likeness (QED) is 0.693. The van der Waals surface area contributed by atoms with Crippen molar-refractivity contribution in [2.45, 2.75) is 39.2 Å². The minimum atomic E-state index is -0.157. The largest absolute Gasteiger partial charge is 0.450 e. The van der Waals surface area contributed by atoms with Crippen molar-refractivity contribution in [3.05, 3.63) is 0 Å². The highest BCUT2D eigenvalue weighted by atomic mass is 16.7. The van der Waals surface area contributed by atoms with Crippen LogP contribution in [-0.2, 0) is 14.4 Å².